The first-order valence-corrected chi connectivity index (χ1v) is 7.90. The molecule has 0 radical (unpaired) electrons. The van der Waals surface area contributed by atoms with Crippen LogP contribution in [0.5, 0.6) is 0 Å². The van der Waals surface area contributed by atoms with Crippen LogP contribution in [0.4, 0.5) is 0 Å². The molecule has 3 aliphatic rings. The summed E-state index contributed by atoms with van der Waals surface area (Å²) in [4.78, 5) is 23.3. The van der Waals surface area contributed by atoms with Crippen molar-refractivity contribution in [2.75, 3.05) is 6.61 Å². The van der Waals surface area contributed by atoms with E-state index < -0.39 is 5.60 Å². The third-order valence-corrected chi connectivity index (χ3v) is 5.47. The molecular formula is C17H24O5. The first kappa shape index (κ1) is 15.5. The van der Waals surface area contributed by atoms with Crippen molar-refractivity contribution in [3.63, 3.8) is 0 Å². The fourth-order valence-corrected chi connectivity index (χ4v) is 4.94. The minimum Gasteiger partial charge on any atom is -0.460 e. The van der Waals surface area contributed by atoms with Gasteiger partial charge in [-0.2, -0.15) is 0 Å². The van der Waals surface area contributed by atoms with E-state index in [0.717, 1.165) is 6.42 Å². The summed E-state index contributed by atoms with van der Waals surface area (Å²) in [6.45, 7) is 11.3. The zero-order chi connectivity index (χ0) is 16.2. The second kappa shape index (κ2) is 5.08. The first-order chi connectivity index (χ1) is 10.2. The smallest absolute Gasteiger partial charge is 0.333 e. The van der Waals surface area contributed by atoms with Gasteiger partial charge in [0.25, 0.3) is 0 Å². The number of esters is 2. The largest absolute Gasteiger partial charge is 0.460 e. The van der Waals surface area contributed by atoms with Crippen molar-refractivity contribution in [2.45, 2.75) is 51.9 Å². The average molecular weight is 308 g/mol. The highest BCUT2D eigenvalue weighted by Crippen LogP contribution is 2.61. The molecule has 1 heterocycles. The molecule has 6 unspecified atom stereocenters. The summed E-state index contributed by atoms with van der Waals surface area (Å²) < 4.78 is 17.1. The van der Waals surface area contributed by atoms with E-state index in [1.807, 2.05) is 13.8 Å². The molecule has 3 rings (SSSR count). The maximum absolute atomic E-state index is 11.9. The predicted molar refractivity (Wildman–Crippen MR) is 78.9 cm³/mol. The maximum atomic E-state index is 11.9. The minimum absolute atomic E-state index is 0.0114. The van der Waals surface area contributed by atoms with Gasteiger partial charge in [0.05, 0.1) is 12.7 Å². The van der Waals surface area contributed by atoms with Crippen molar-refractivity contribution in [2.24, 2.45) is 23.7 Å². The van der Waals surface area contributed by atoms with Gasteiger partial charge < -0.3 is 14.2 Å². The van der Waals surface area contributed by atoms with Crippen LogP contribution in [0.3, 0.4) is 0 Å². The van der Waals surface area contributed by atoms with Gasteiger partial charge in [-0.05, 0) is 39.0 Å². The highest BCUT2D eigenvalue weighted by atomic mass is 16.6. The lowest BCUT2D eigenvalue weighted by molar-refractivity contribution is -0.171. The van der Waals surface area contributed by atoms with E-state index >= 15 is 0 Å². The van der Waals surface area contributed by atoms with E-state index in [1.165, 1.54) is 6.92 Å². The SMILES string of the molecule is C=C(C)C(=O)OC1C2CC3C(COC31)C2C(C)(C)OC(C)=O. The zero-order valence-electron chi connectivity index (χ0n) is 13.6. The van der Waals surface area contributed by atoms with Gasteiger partial charge in [-0.1, -0.05) is 6.58 Å². The van der Waals surface area contributed by atoms with Crippen LogP contribution in [0.1, 0.15) is 34.1 Å². The maximum Gasteiger partial charge on any atom is 0.333 e. The molecule has 5 heteroatoms. The normalized spacial score (nSPS) is 38.9. The topological polar surface area (TPSA) is 61.8 Å². The number of carbonyl (C=O) groups is 2. The number of ether oxygens (including phenoxy) is 3. The summed E-state index contributed by atoms with van der Waals surface area (Å²) in [6, 6.07) is 0. The van der Waals surface area contributed by atoms with E-state index in [1.54, 1.807) is 6.92 Å². The molecule has 0 N–H and O–H groups in total. The van der Waals surface area contributed by atoms with Crippen LogP contribution in [0.25, 0.3) is 0 Å². The molecule has 1 saturated heterocycles. The standard InChI is InChI=1S/C17H24O5/c1-8(2)16(19)21-15-11-6-10-12(7-20-14(10)15)13(11)17(4,5)22-9(3)18/h10-15H,1,6-7H2,2-5H3. The first-order valence-electron chi connectivity index (χ1n) is 7.90. The molecule has 2 bridgehead atoms. The van der Waals surface area contributed by atoms with Gasteiger partial charge >= 0.3 is 11.9 Å². The number of rotatable bonds is 4. The Bertz CT molecular complexity index is 523. The fraction of sp³-hybridized carbons (Fsp3) is 0.765. The van der Waals surface area contributed by atoms with Crippen LogP contribution in [-0.4, -0.2) is 36.4 Å². The van der Waals surface area contributed by atoms with Crippen molar-refractivity contribution in [3.05, 3.63) is 12.2 Å². The molecule has 6 atom stereocenters. The van der Waals surface area contributed by atoms with Crippen LogP contribution >= 0.6 is 0 Å². The highest BCUT2D eigenvalue weighted by Gasteiger charge is 2.67. The number of hydrogen-bond acceptors (Lipinski definition) is 5. The third kappa shape index (κ3) is 2.26. The highest BCUT2D eigenvalue weighted by molar-refractivity contribution is 5.87. The van der Waals surface area contributed by atoms with Crippen LogP contribution in [0.15, 0.2) is 12.2 Å². The van der Waals surface area contributed by atoms with Crippen LogP contribution in [-0.2, 0) is 23.8 Å². The van der Waals surface area contributed by atoms with E-state index in [0.29, 0.717) is 24.0 Å². The van der Waals surface area contributed by atoms with Crippen LogP contribution in [0.2, 0.25) is 0 Å². The Morgan fingerprint density at radius 2 is 1.86 bits per heavy atom. The summed E-state index contributed by atoms with van der Waals surface area (Å²) >= 11 is 0. The molecule has 0 spiro atoms. The van der Waals surface area contributed by atoms with Gasteiger partial charge in [0, 0.05) is 24.3 Å². The van der Waals surface area contributed by atoms with Gasteiger partial charge in [0.1, 0.15) is 11.7 Å². The molecule has 2 saturated carbocycles. The lowest BCUT2D eigenvalue weighted by atomic mass is 9.71. The third-order valence-electron chi connectivity index (χ3n) is 5.47. The Hall–Kier alpha value is -1.36. The van der Waals surface area contributed by atoms with Gasteiger partial charge in [-0.15, -0.1) is 0 Å². The fourth-order valence-electron chi connectivity index (χ4n) is 4.94. The second-order valence-corrected chi connectivity index (χ2v) is 7.40. The molecular weight excluding hydrogens is 284 g/mol. The summed E-state index contributed by atoms with van der Waals surface area (Å²) in [5, 5.41) is 0. The quantitative estimate of drug-likeness (QED) is 0.588. The average Bonchev–Trinajstić information content (AvgIpc) is 2.97. The van der Waals surface area contributed by atoms with Crippen LogP contribution in [0, 0.1) is 23.7 Å². The van der Waals surface area contributed by atoms with Crippen molar-refractivity contribution >= 4 is 11.9 Å². The van der Waals surface area contributed by atoms with E-state index in [2.05, 4.69) is 6.58 Å². The zero-order valence-corrected chi connectivity index (χ0v) is 13.6. The number of fused-ring (bicyclic) bond motifs is 1. The number of hydrogen-bond donors (Lipinski definition) is 0. The molecule has 0 aromatic heterocycles. The monoisotopic (exact) mass is 308 g/mol. The lowest BCUT2D eigenvalue weighted by Gasteiger charge is -2.41. The Balaban J connectivity index is 1.84. The van der Waals surface area contributed by atoms with E-state index in [-0.39, 0.29) is 36.0 Å². The Morgan fingerprint density at radius 1 is 1.18 bits per heavy atom. The summed E-state index contributed by atoms with van der Waals surface area (Å²) in [7, 11) is 0. The number of carbonyl (C=O) groups excluding carboxylic acids is 2. The molecule has 22 heavy (non-hydrogen) atoms. The molecule has 122 valence electrons. The van der Waals surface area contributed by atoms with Gasteiger partial charge in [-0.25, -0.2) is 4.79 Å². The summed E-state index contributed by atoms with van der Waals surface area (Å²) in [5.41, 5.74) is -0.184. The van der Waals surface area contributed by atoms with Crippen molar-refractivity contribution in [1.82, 2.24) is 0 Å². The van der Waals surface area contributed by atoms with E-state index in [4.69, 9.17) is 14.2 Å². The van der Waals surface area contributed by atoms with Gasteiger partial charge in [0.15, 0.2) is 0 Å². The Labute approximate surface area is 131 Å². The summed E-state index contributed by atoms with van der Waals surface area (Å²) in [6.07, 6.45) is 0.703. The Morgan fingerprint density at radius 3 is 2.45 bits per heavy atom. The molecule has 2 aliphatic carbocycles. The predicted octanol–water partition coefficient (Wildman–Crippen LogP) is 2.10. The molecule has 0 amide bonds. The van der Waals surface area contributed by atoms with Crippen molar-refractivity contribution in [3.8, 4) is 0 Å². The van der Waals surface area contributed by atoms with Gasteiger partial charge in [0.2, 0.25) is 0 Å². The minimum atomic E-state index is -0.581. The molecule has 5 nitrogen and oxygen atoms in total. The Kier molecular flexibility index (Phi) is 3.59. The van der Waals surface area contributed by atoms with E-state index in [9.17, 15) is 9.59 Å². The molecule has 1 aliphatic heterocycles. The van der Waals surface area contributed by atoms with Gasteiger partial charge in [-0.3, -0.25) is 4.79 Å². The molecule has 0 aromatic rings. The van der Waals surface area contributed by atoms with Crippen LogP contribution < -0.4 is 0 Å². The molecule has 0 aromatic carbocycles. The van der Waals surface area contributed by atoms with Crippen molar-refractivity contribution in [1.29, 1.82) is 0 Å². The van der Waals surface area contributed by atoms with Crippen molar-refractivity contribution < 1.29 is 23.8 Å². The summed E-state index contributed by atoms with van der Waals surface area (Å²) in [5.74, 6) is 0.465. The second-order valence-electron chi connectivity index (χ2n) is 7.40. The lowest BCUT2D eigenvalue weighted by Crippen LogP contribution is -2.49. The molecule has 3 fully saturated rings.